The van der Waals surface area contributed by atoms with E-state index in [-0.39, 0.29) is 11.8 Å². The lowest BCUT2D eigenvalue weighted by atomic mass is 9.98. The van der Waals surface area contributed by atoms with Crippen LogP contribution in [0, 0.1) is 0 Å². The van der Waals surface area contributed by atoms with Crippen molar-refractivity contribution in [1.82, 2.24) is 35.2 Å². The first-order valence-corrected chi connectivity index (χ1v) is 9.47. The van der Waals surface area contributed by atoms with Crippen LogP contribution in [0.2, 0.25) is 0 Å². The summed E-state index contributed by atoms with van der Waals surface area (Å²) in [6.45, 7) is 6.28. The van der Waals surface area contributed by atoms with E-state index in [0.717, 1.165) is 29.3 Å². The maximum atomic E-state index is 4.46. The van der Waals surface area contributed by atoms with E-state index in [4.69, 9.17) is 0 Å². The predicted octanol–water partition coefficient (Wildman–Crippen LogP) is 3.71. The summed E-state index contributed by atoms with van der Waals surface area (Å²) in [6, 6.07) is 18.2. The van der Waals surface area contributed by atoms with E-state index in [1.807, 2.05) is 53.3 Å². The minimum atomic E-state index is 0.239. The van der Waals surface area contributed by atoms with Crippen molar-refractivity contribution in [2.45, 2.75) is 39.0 Å². The first kappa shape index (κ1) is 18.0. The molecule has 7 nitrogen and oxygen atoms in total. The molecule has 0 N–H and O–H groups in total. The van der Waals surface area contributed by atoms with Crippen molar-refractivity contribution in [3.05, 3.63) is 77.9 Å². The van der Waals surface area contributed by atoms with Gasteiger partial charge in [0, 0.05) is 11.8 Å². The zero-order chi connectivity index (χ0) is 19.5. The molecule has 0 aliphatic rings. The Bertz CT molecular complexity index is 1050. The Morgan fingerprint density at radius 2 is 1.64 bits per heavy atom. The maximum absolute atomic E-state index is 4.46. The normalized spacial score (nSPS) is 12.4. The molecule has 0 saturated heterocycles. The molecule has 0 amide bonds. The van der Waals surface area contributed by atoms with Gasteiger partial charge < -0.3 is 0 Å². The Morgan fingerprint density at radius 1 is 0.857 bits per heavy atom. The standard InChI is InChI=1S/C21H23N7/c1-15(2)21-23-26-28(24-21)19-11-7-8-17(13-19)12-16(3)20-14-27(25-22-20)18-9-5-4-6-10-18/h4-11,13-16H,12H2,1-3H3. The molecule has 0 fully saturated rings. The Labute approximate surface area is 164 Å². The van der Waals surface area contributed by atoms with Crippen molar-refractivity contribution >= 4 is 0 Å². The molecule has 142 valence electrons. The summed E-state index contributed by atoms with van der Waals surface area (Å²) >= 11 is 0. The SMILES string of the molecule is CC(C)c1nnn(-c2cccc(CC(C)c3cn(-c4ccccc4)nn3)c2)n1. The van der Waals surface area contributed by atoms with Gasteiger partial charge in [0.15, 0.2) is 5.82 Å². The molecule has 0 spiro atoms. The lowest BCUT2D eigenvalue weighted by molar-refractivity contribution is 0.701. The molecule has 0 aliphatic heterocycles. The van der Waals surface area contributed by atoms with Crippen LogP contribution < -0.4 is 0 Å². The third-order valence-corrected chi connectivity index (χ3v) is 4.67. The Balaban J connectivity index is 1.50. The van der Waals surface area contributed by atoms with Crippen LogP contribution in [0.15, 0.2) is 60.8 Å². The molecule has 1 unspecified atom stereocenters. The average molecular weight is 373 g/mol. The first-order chi connectivity index (χ1) is 13.6. The van der Waals surface area contributed by atoms with E-state index < -0.39 is 0 Å². The van der Waals surface area contributed by atoms with Gasteiger partial charge >= 0.3 is 0 Å². The average Bonchev–Trinajstić information content (AvgIpc) is 3.39. The van der Waals surface area contributed by atoms with Gasteiger partial charge in [-0.25, -0.2) is 4.68 Å². The molecule has 0 bridgehead atoms. The number of benzene rings is 2. The number of aromatic nitrogens is 7. The number of nitrogens with zero attached hydrogens (tertiary/aromatic N) is 7. The minimum Gasteiger partial charge on any atom is -0.220 e. The van der Waals surface area contributed by atoms with Crippen LogP contribution in [0.1, 0.15) is 49.7 Å². The molecule has 1 atom stereocenters. The number of tetrazole rings is 1. The highest BCUT2D eigenvalue weighted by molar-refractivity contribution is 5.35. The largest absolute Gasteiger partial charge is 0.220 e. The van der Waals surface area contributed by atoms with Crippen molar-refractivity contribution in [2.75, 3.05) is 0 Å². The van der Waals surface area contributed by atoms with Gasteiger partial charge in [-0.1, -0.05) is 56.3 Å². The van der Waals surface area contributed by atoms with Gasteiger partial charge in [0.25, 0.3) is 0 Å². The molecule has 7 heteroatoms. The van der Waals surface area contributed by atoms with Gasteiger partial charge in [-0.3, -0.25) is 0 Å². The lowest BCUT2D eigenvalue weighted by Gasteiger charge is -2.09. The molecule has 2 heterocycles. The first-order valence-electron chi connectivity index (χ1n) is 9.47. The predicted molar refractivity (Wildman–Crippen MR) is 107 cm³/mol. The molecule has 0 saturated carbocycles. The van der Waals surface area contributed by atoms with Gasteiger partial charge in [-0.05, 0) is 41.5 Å². The summed E-state index contributed by atoms with van der Waals surface area (Å²) in [6.07, 6.45) is 2.85. The van der Waals surface area contributed by atoms with E-state index in [1.54, 1.807) is 4.80 Å². The van der Waals surface area contributed by atoms with E-state index in [1.165, 1.54) is 5.56 Å². The number of hydrogen-bond donors (Lipinski definition) is 0. The summed E-state index contributed by atoms with van der Waals surface area (Å²) in [5, 5.41) is 21.4. The summed E-state index contributed by atoms with van der Waals surface area (Å²) < 4.78 is 1.81. The smallest absolute Gasteiger partial charge is 0.177 e. The summed E-state index contributed by atoms with van der Waals surface area (Å²) in [4.78, 5) is 1.59. The number of hydrogen-bond acceptors (Lipinski definition) is 5. The van der Waals surface area contributed by atoms with Crippen LogP contribution in [-0.2, 0) is 6.42 Å². The van der Waals surface area contributed by atoms with Gasteiger partial charge in [-0.15, -0.1) is 20.1 Å². The van der Waals surface area contributed by atoms with Crippen LogP contribution >= 0.6 is 0 Å². The van der Waals surface area contributed by atoms with Crippen LogP contribution in [0.5, 0.6) is 0 Å². The molecule has 2 aromatic heterocycles. The van der Waals surface area contributed by atoms with E-state index in [0.29, 0.717) is 0 Å². The molecule has 4 aromatic rings. The van der Waals surface area contributed by atoms with Gasteiger partial charge in [0.2, 0.25) is 0 Å². The second-order valence-corrected chi connectivity index (χ2v) is 7.29. The topological polar surface area (TPSA) is 74.3 Å². The van der Waals surface area contributed by atoms with E-state index in [9.17, 15) is 0 Å². The molecule has 4 rings (SSSR count). The fourth-order valence-corrected chi connectivity index (χ4v) is 3.04. The fourth-order valence-electron chi connectivity index (χ4n) is 3.04. The highest BCUT2D eigenvalue weighted by atomic mass is 15.6. The molecule has 28 heavy (non-hydrogen) atoms. The quantitative estimate of drug-likeness (QED) is 0.515. The zero-order valence-electron chi connectivity index (χ0n) is 16.3. The Kier molecular flexibility index (Phi) is 4.97. The van der Waals surface area contributed by atoms with Crippen LogP contribution in [0.25, 0.3) is 11.4 Å². The van der Waals surface area contributed by atoms with Crippen molar-refractivity contribution in [3.8, 4) is 11.4 Å². The Hall–Kier alpha value is -3.35. The third-order valence-electron chi connectivity index (χ3n) is 4.67. The number of para-hydroxylation sites is 1. The number of rotatable bonds is 6. The monoisotopic (exact) mass is 373 g/mol. The van der Waals surface area contributed by atoms with Crippen LogP contribution in [0.4, 0.5) is 0 Å². The van der Waals surface area contributed by atoms with Gasteiger partial charge in [0.05, 0.1) is 23.3 Å². The molecular formula is C21H23N7. The van der Waals surface area contributed by atoms with Crippen LogP contribution in [0.3, 0.4) is 0 Å². The highest BCUT2D eigenvalue weighted by Gasteiger charge is 2.13. The zero-order valence-corrected chi connectivity index (χ0v) is 16.3. The summed E-state index contributed by atoms with van der Waals surface area (Å²) in [7, 11) is 0. The van der Waals surface area contributed by atoms with E-state index >= 15 is 0 Å². The van der Waals surface area contributed by atoms with Gasteiger partial charge in [-0.2, -0.15) is 0 Å². The fraction of sp³-hybridized carbons (Fsp3) is 0.286. The van der Waals surface area contributed by atoms with Crippen molar-refractivity contribution in [1.29, 1.82) is 0 Å². The highest BCUT2D eigenvalue weighted by Crippen LogP contribution is 2.21. The van der Waals surface area contributed by atoms with Gasteiger partial charge in [0.1, 0.15) is 0 Å². The summed E-state index contributed by atoms with van der Waals surface area (Å²) in [5.74, 6) is 1.24. The lowest BCUT2D eigenvalue weighted by Crippen LogP contribution is -2.03. The second-order valence-electron chi connectivity index (χ2n) is 7.29. The minimum absolute atomic E-state index is 0.239. The molecule has 0 aliphatic carbocycles. The van der Waals surface area contributed by atoms with E-state index in [2.05, 4.69) is 58.6 Å². The van der Waals surface area contributed by atoms with Crippen molar-refractivity contribution < 1.29 is 0 Å². The summed E-state index contributed by atoms with van der Waals surface area (Å²) in [5.41, 5.74) is 4.09. The maximum Gasteiger partial charge on any atom is 0.177 e. The van der Waals surface area contributed by atoms with Crippen LogP contribution in [-0.4, -0.2) is 35.2 Å². The third kappa shape index (κ3) is 3.83. The Morgan fingerprint density at radius 3 is 2.39 bits per heavy atom. The van der Waals surface area contributed by atoms with Crippen molar-refractivity contribution in [3.63, 3.8) is 0 Å². The molecule has 0 radical (unpaired) electrons. The second kappa shape index (κ2) is 7.72. The molecular weight excluding hydrogens is 350 g/mol. The van der Waals surface area contributed by atoms with Crippen molar-refractivity contribution in [2.24, 2.45) is 0 Å². The molecule has 2 aromatic carbocycles.